The van der Waals surface area contributed by atoms with Gasteiger partial charge in [-0.1, -0.05) is 31.2 Å². The molecule has 5 nitrogen and oxygen atoms in total. The van der Waals surface area contributed by atoms with Gasteiger partial charge in [-0.3, -0.25) is 0 Å². The molecule has 0 aliphatic carbocycles. The lowest BCUT2D eigenvalue weighted by Gasteiger charge is -2.20. The highest BCUT2D eigenvalue weighted by atomic mass is 16.5. The minimum Gasteiger partial charge on any atom is -0.479 e. The van der Waals surface area contributed by atoms with Gasteiger partial charge in [-0.05, 0) is 17.5 Å². The van der Waals surface area contributed by atoms with Crippen LogP contribution in [0, 0.1) is 0 Å². The van der Waals surface area contributed by atoms with Gasteiger partial charge in [0.1, 0.15) is 12.0 Å². The molecule has 2 N–H and O–H groups in total. The number of aromatic nitrogens is 2. The van der Waals surface area contributed by atoms with Crippen molar-refractivity contribution in [3.63, 3.8) is 0 Å². The molecule has 1 aromatic heterocycles. The molecule has 1 aromatic carbocycles. The number of methoxy groups -OCH3 is 1. The van der Waals surface area contributed by atoms with Crippen LogP contribution in [0.25, 0.3) is 0 Å². The third-order valence-corrected chi connectivity index (χ3v) is 3.23. The monoisotopic (exact) mass is 272 g/mol. The number of hydrogen-bond acceptors (Lipinski definition) is 5. The van der Waals surface area contributed by atoms with E-state index in [1.807, 2.05) is 11.9 Å². The lowest BCUT2D eigenvalue weighted by molar-refractivity contribution is 0.399. The summed E-state index contributed by atoms with van der Waals surface area (Å²) >= 11 is 0. The van der Waals surface area contributed by atoms with E-state index in [2.05, 4.69) is 41.2 Å². The van der Waals surface area contributed by atoms with Crippen LogP contribution in [0.1, 0.15) is 18.1 Å². The number of ether oxygens (including phenoxy) is 1. The summed E-state index contributed by atoms with van der Waals surface area (Å²) in [7, 11) is 3.50. The molecule has 5 heteroatoms. The second-order valence-corrected chi connectivity index (χ2v) is 4.65. The summed E-state index contributed by atoms with van der Waals surface area (Å²) in [6.07, 6.45) is 2.51. The van der Waals surface area contributed by atoms with Gasteiger partial charge in [0.05, 0.1) is 7.11 Å². The number of aryl methyl sites for hydroxylation is 1. The molecule has 2 rings (SSSR count). The second-order valence-electron chi connectivity index (χ2n) is 4.65. The molecule has 0 saturated carbocycles. The Morgan fingerprint density at radius 1 is 1.15 bits per heavy atom. The molecule has 0 saturated heterocycles. The zero-order valence-corrected chi connectivity index (χ0v) is 12.1. The Labute approximate surface area is 119 Å². The number of hydrogen-bond donors (Lipinski definition) is 1. The average molecular weight is 272 g/mol. The van der Waals surface area contributed by atoms with Crippen molar-refractivity contribution in [1.29, 1.82) is 0 Å². The van der Waals surface area contributed by atoms with Crippen molar-refractivity contribution in [1.82, 2.24) is 9.97 Å². The normalized spacial score (nSPS) is 10.3. The first kappa shape index (κ1) is 14.1. The SMILES string of the molecule is CCc1ccc(CN(C)c2ncnc(OC)c2N)cc1. The van der Waals surface area contributed by atoms with Crippen molar-refractivity contribution in [2.75, 3.05) is 24.8 Å². The number of nitrogens with zero attached hydrogens (tertiary/aromatic N) is 3. The molecular weight excluding hydrogens is 252 g/mol. The van der Waals surface area contributed by atoms with E-state index in [1.165, 1.54) is 17.5 Å². The van der Waals surface area contributed by atoms with Crippen molar-refractivity contribution in [2.24, 2.45) is 0 Å². The first-order chi connectivity index (χ1) is 9.65. The minimum atomic E-state index is 0.406. The molecular formula is C15H20N4O. The molecule has 106 valence electrons. The molecule has 0 spiro atoms. The van der Waals surface area contributed by atoms with Crippen molar-refractivity contribution in [3.05, 3.63) is 41.7 Å². The van der Waals surface area contributed by atoms with Crippen molar-refractivity contribution in [2.45, 2.75) is 19.9 Å². The zero-order chi connectivity index (χ0) is 14.5. The zero-order valence-electron chi connectivity index (χ0n) is 12.1. The fraction of sp³-hybridized carbons (Fsp3) is 0.333. The Bertz CT molecular complexity index is 569. The summed E-state index contributed by atoms with van der Waals surface area (Å²) in [5.74, 6) is 1.08. The van der Waals surface area contributed by atoms with Crippen LogP contribution in [0.15, 0.2) is 30.6 Å². The van der Waals surface area contributed by atoms with Crippen LogP contribution < -0.4 is 15.4 Å². The third-order valence-electron chi connectivity index (χ3n) is 3.23. The second kappa shape index (κ2) is 6.23. The Balaban J connectivity index is 2.16. The van der Waals surface area contributed by atoms with Gasteiger partial charge in [0.25, 0.3) is 0 Å². The van der Waals surface area contributed by atoms with Crippen LogP contribution in [0.2, 0.25) is 0 Å². The molecule has 20 heavy (non-hydrogen) atoms. The maximum absolute atomic E-state index is 6.00. The standard InChI is InChI=1S/C15H20N4O/c1-4-11-5-7-12(8-6-11)9-19(2)14-13(16)15(20-3)18-10-17-14/h5-8,10H,4,9,16H2,1-3H3. The fourth-order valence-electron chi connectivity index (χ4n) is 2.07. The van der Waals surface area contributed by atoms with Gasteiger partial charge in [0.15, 0.2) is 5.82 Å². The summed E-state index contributed by atoms with van der Waals surface area (Å²) in [4.78, 5) is 10.2. The van der Waals surface area contributed by atoms with Crippen LogP contribution in [-0.2, 0) is 13.0 Å². The van der Waals surface area contributed by atoms with Gasteiger partial charge in [-0.2, -0.15) is 4.98 Å². The fourth-order valence-corrected chi connectivity index (χ4v) is 2.07. The first-order valence-electron chi connectivity index (χ1n) is 6.59. The van der Waals surface area contributed by atoms with E-state index in [0.29, 0.717) is 17.4 Å². The number of anilines is 2. The molecule has 0 radical (unpaired) electrons. The average Bonchev–Trinajstić information content (AvgIpc) is 2.48. The van der Waals surface area contributed by atoms with E-state index >= 15 is 0 Å². The smallest absolute Gasteiger partial charge is 0.242 e. The van der Waals surface area contributed by atoms with Crippen LogP contribution in [0.3, 0.4) is 0 Å². The predicted molar refractivity (Wildman–Crippen MR) is 80.9 cm³/mol. The summed E-state index contributed by atoms with van der Waals surface area (Å²) in [5.41, 5.74) is 9.01. The molecule has 0 aliphatic rings. The minimum absolute atomic E-state index is 0.406. The van der Waals surface area contributed by atoms with Crippen LogP contribution in [0.4, 0.5) is 11.5 Å². The summed E-state index contributed by atoms with van der Waals surface area (Å²) in [6, 6.07) is 8.55. The van der Waals surface area contributed by atoms with E-state index in [-0.39, 0.29) is 0 Å². The van der Waals surface area contributed by atoms with Gasteiger partial charge in [-0.25, -0.2) is 4.98 Å². The molecule has 0 unspecified atom stereocenters. The summed E-state index contributed by atoms with van der Waals surface area (Å²) in [5, 5.41) is 0. The largest absolute Gasteiger partial charge is 0.479 e. The van der Waals surface area contributed by atoms with Crippen LogP contribution in [0.5, 0.6) is 5.88 Å². The van der Waals surface area contributed by atoms with E-state index in [9.17, 15) is 0 Å². The van der Waals surface area contributed by atoms with Crippen molar-refractivity contribution in [3.8, 4) is 5.88 Å². The molecule has 0 amide bonds. The molecule has 0 bridgehead atoms. The van der Waals surface area contributed by atoms with Gasteiger partial charge in [0, 0.05) is 13.6 Å². The highest BCUT2D eigenvalue weighted by Crippen LogP contribution is 2.27. The van der Waals surface area contributed by atoms with E-state index in [4.69, 9.17) is 10.5 Å². The van der Waals surface area contributed by atoms with Crippen LogP contribution >= 0.6 is 0 Å². The Hall–Kier alpha value is -2.30. The Morgan fingerprint density at radius 2 is 1.80 bits per heavy atom. The van der Waals surface area contributed by atoms with Crippen molar-refractivity contribution < 1.29 is 4.74 Å². The van der Waals surface area contributed by atoms with Gasteiger partial charge in [0.2, 0.25) is 5.88 Å². The third kappa shape index (κ3) is 2.99. The van der Waals surface area contributed by atoms with E-state index in [1.54, 1.807) is 7.11 Å². The molecule has 1 heterocycles. The van der Waals surface area contributed by atoms with Gasteiger partial charge < -0.3 is 15.4 Å². The number of rotatable bonds is 5. The van der Waals surface area contributed by atoms with Gasteiger partial charge in [-0.15, -0.1) is 0 Å². The first-order valence-corrected chi connectivity index (χ1v) is 6.59. The number of nitrogen functional groups attached to an aromatic ring is 1. The maximum Gasteiger partial charge on any atom is 0.242 e. The molecule has 0 fully saturated rings. The lowest BCUT2D eigenvalue weighted by atomic mass is 10.1. The predicted octanol–water partition coefficient (Wildman–Crippen LogP) is 2.27. The topological polar surface area (TPSA) is 64.3 Å². The van der Waals surface area contributed by atoms with Gasteiger partial charge >= 0.3 is 0 Å². The highest BCUT2D eigenvalue weighted by molar-refractivity contribution is 5.67. The molecule has 0 aliphatic heterocycles. The van der Waals surface area contributed by atoms with E-state index in [0.717, 1.165) is 13.0 Å². The Kier molecular flexibility index (Phi) is 4.40. The Morgan fingerprint density at radius 3 is 2.40 bits per heavy atom. The van der Waals surface area contributed by atoms with Crippen LogP contribution in [-0.4, -0.2) is 24.1 Å². The molecule has 2 aromatic rings. The lowest BCUT2D eigenvalue weighted by Crippen LogP contribution is -2.19. The van der Waals surface area contributed by atoms with E-state index < -0.39 is 0 Å². The molecule has 0 atom stereocenters. The highest BCUT2D eigenvalue weighted by Gasteiger charge is 2.12. The summed E-state index contributed by atoms with van der Waals surface area (Å²) in [6.45, 7) is 2.88. The number of benzene rings is 1. The quantitative estimate of drug-likeness (QED) is 0.904. The van der Waals surface area contributed by atoms with Crippen molar-refractivity contribution >= 4 is 11.5 Å². The summed E-state index contributed by atoms with van der Waals surface area (Å²) < 4.78 is 5.11. The maximum atomic E-state index is 6.00. The number of nitrogens with two attached hydrogens (primary N) is 1.